The molecule has 0 fully saturated rings. The summed E-state index contributed by atoms with van der Waals surface area (Å²) in [5.41, 5.74) is 0.693. The predicted octanol–water partition coefficient (Wildman–Crippen LogP) is 3.98. The molecule has 1 unspecified atom stereocenters. The fraction of sp³-hybridized carbons (Fsp3) is 0.182. The van der Waals surface area contributed by atoms with Crippen LogP contribution in [-0.4, -0.2) is 33.7 Å². The molecule has 1 N–H and O–H groups in total. The standard InChI is InChI=1S/C22H18ClFN2O5/c1-12(27)16-8-5-14(23)9-17(16)18-10-20(28)26(25-22(18)31-2)19(11-21(29)30)13-3-6-15(24)7-4-13/h3-10,19H,11H2,1-2H3,(H,29,30). The molecule has 3 rings (SSSR count). The molecule has 0 amide bonds. The maximum Gasteiger partial charge on any atom is 0.305 e. The molecule has 0 aliphatic heterocycles. The van der Waals surface area contributed by atoms with Crippen LogP contribution < -0.4 is 10.3 Å². The van der Waals surface area contributed by atoms with Crippen LogP contribution in [-0.2, 0) is 4.79 Å². The van der Waals surface area contributed by atoms with E-state index in [-0.39, 0.29) is 17.2 Å². The molecular weight excluding hydrogens is 427 g/mol. The molecule has 1 atom stereocenters. The highest BCUT2D eigenvalue weighted by atomic mass is 35.5. The van der Waals surface area contributed by atoms with Gasteiger partial charge in [0.2, 0.25) is 5.88 Å². The maximum atomic E-state index is 13.3. The van der Waals surface area contributed by atoms with E-state index in [1.165, 1.54) is 56.5 Å². The number of halogens is 2. The summed E-state index contributed by atoms with van der Waals surface area (Å²) in [7, 11) is 1.34. The average Bonchev–Trinajstić information content (AvgIpc) is 2.72. The molecule has 0 aliphatic rings. The van der Waals surface area contributed by atoms with Gasteiger partial charge in [0.15, 0.2) is 5.78 Å². The van der Waals surface area contributed by atoms with E-state index < -0.39 is 29.8 Å². The van der Waals surface area contributed by atoms with E-state index in [0.29, 0.717) is 21.7 Å². The van der Waals surface area contributed by atoms with E-state index >= 15 is 0 Å². The van der Waals surface area contributed by atoms with Crippen LogP contribution in [0.15, 0.2) is 53.3 Å². The minimum atomic E-state index is -1.17. The third kappa shape index (κ3) is 4.80. The highest BCUT2D eigenvalue weighted by Gasteiger charge is 2.24. The lowest BCUT2D eigenvalue weighted by Crippen LogP contribution is -2.29. The van der Waals surface area contributed by atoms with Crippen molar-refractivity contribution in [3.63, 3.8) is 0 Å². The van der Waals surface area contributed by atoms with Gasteiger partial charge in [0, 0.05) is 16.7 Å². The highest BCUT2D eigenvalue weighted by Crippen LogP contribution is 2.33. The summed E-state index contributed by atoms with van der Waals surface area (Å²) >= 11 is 6.09. The molecule has 0 spiro atoms. The van der Waals surface area contributed by atoms with Crippen LogP contribution in [0.4, 0.5) is 4.39 Å². The van der Waals surface area contributed by atoms with Gasteiger partial charge in [0.25, 0.3) is 5.56 Å². The van der Waals surface area contributed by atoms with Gasteiger partial charge in [0.1, 0.15) is 5.82 Å². The number of ether oxygens (including phenoxy) is 1. The number of aromatic nitrogens is 2. The number of carbonyl (C=O) groups excluding carboxylic acids is 1. The highest BCUT2D eigenvalue weighted by molar-refractivity contribution is 6.31. The van der Waals surface area contributed by atoms with E-state index in [9.17, 15) is 23.9 Å². The average molecular weight is 445 g/mol. The van der Waals surface area contributed by atoms with Crippen molar-refractivity contribution < 1.29 is 23.8 Å². The van der Waals surface area contributed by atoms with Crippen LogP contribution in [0.5, 0.6) is 5.88 Å². The molecule has 2 aromatic carbocycles. The monoisotopic (exact) mass is 444 g/mol. The molecule has 160 valence electrons. The van der Waals surface area contributed by atoms with Crippen LogP contribution in [0.25, 0.3) is 11.1 Å². The molecule has 0 aliphatic carbocycles. The van der Waals surface area contributed by atoms with Crippen molar-refractivity contribution in [3.05, 3.63) is 80.9 Å². The zero-order chi connectivity index (χ0) is 22.7. The van der Waals surface area contributed by atoms with Gasteiger partial charge in [-0.15, -0.1) is 5.10 Å². The zero-order valence-corrected chi connectivity index (χ0v) is 17.4. The smallest absolute Gasteiger partial charge is 0.305 e. The summed E-state index contributed by atoms with van der Waals surface area (Å²) in [5, 5.41) is 13.9. The minimum absolute atomic E-state index is 0.00173. The van der Waals surface area contributed by atoms with Crippen molar-refractivity contribution in [2.75, 3.05) is 7.11 Å². The van der Waals surface area contributed by atoms with Gasteiger partial charge in [-0.05, 0) is 48.4 Å². The molecule has 31 heavy (non-hydrogen) atoms. The second kappa shape index (κ2) is 9.09. The summed E-state index contributed by atoms with van der Waals surface area (Å²) < 4.78 is 19.7. The van der Waals surface area contributed by atoms with Crippen molar-refractivity contribution in [1.29, 1.82) is 0 Å². The molecule has 9 heteroatoms. The molecular formula is C22H18ClFN2O5. The first-order chi connectivity index (χ1) is 14.7. The summed E-state index contributed by atoms with van der Waals surface area (Å²) in [6.07, 6.45) is -0.461. The number of nitrogens with zero attached hydrogens (tertiary/aromatic N) is 2. The zero-order valence-electron chi connectivity index (χ0n) is 16.6. The first-order valence-corrected chi connectivity index (χ1v) is 9.55. The molecule has 7 nitrogen and oxygen atoms in total. The normalized spacial score (nSPS) is 11.7. The second-order valence-electron chi connectivity index (χ2n) is 6.76. The molecule has 0 bridgehead atoms. The largest absolute Gasteiger partial charge is 0.481 e. The molecule has 0 radical (unpaired) electrons. The van der Waals surface area contributed by atoms with Crippen molar-refractivity contribution >= 4 is 23.4 Å². The number of benzene rings is 2. The van der Waals surface area contributed by atoms with Gasteiger partial charge >= 0.3 is 5.97 Å². The number of hydrogen-bond acceptors (Lipinski definition) is 5. The summed E-state index contributed by atoms with van der Waals surface area (Å²) in [5.74, 6) is -1.90. The summed E-state index contributed by atoms with van der Waals surface area (Å²) in [4.78, 5) is 36.5. The third-order valence-electron chi connectivity index (χ3n) is 4.68. The minimum Gasteiger partial charge on any atom is -0.481 e. The number of methoxy groups -OCH3 is 1. The second-order valence-corrected chi connectivity index (χ2v) is 7.20. The Morgan fingerprint density at radius 2 is 1.84 bits per heavy atom. The lowest BCUT2D eigenvalue weighted by atomic mass is 9.98. The van der Waals surface area contributed by atoms with Crippen LogP contribution >= 0.6 is 11.6 Å². The maximum absolute atomic E-state index is 13.3. The summed E-state index contributed by atoms with van der Waals surface area (Å²) in [6.45, 7) is 1.38. The first-order valence-electron chi connectivity index (χ1n) is 9.17. The third-order valence-corrected chi connectivity index (χ3v) is 4.92. The lowest BCUT2D eigenvalue weighted by molar-refractivity contribution is -0.137. The van der Waals surface area contributed by atoms with E-state index in [1.807, 2.05) is 0 Å². The predicted molar refractivity (Wildman–Crippen MR) is 112 cm³/mol. The lowest BCUT2D eigenvalue weighted by Gasteiger charge is -2.19. The van der Waals surface area contributed by atoms with Crippen LogP contribution in [0.3, 0.4) is 0 Å². The van der Waals surface area contributed by atoms with Gasteiger partial charge in [-0.2, -0.15) is 0 Å². The van der Waals surface area contributed by atoms with E-state index in [1.54, 1.807) is 6.07 Å². The Labute approximate surface area is 181 Å². The van der Waals surface area contributed by atoms with Crippen LogP contribution in [0.2, 0.25) is 5.02 Å². The van der Waals surface area contributed by atoms with Gasteiger partial charge < -0.3 is 9.84 Å². The van der Waals surface area contributed by atoms with Gasteiger partial charge in [-0.1, -0.05) is 23.7 Å². The molecule has 0 saturated heterocycles. The number of hydrogen-bond donors (Lipinski definition) is 1. The van der Waals surface area contributed by atoms with E-state index in [4.69, 9.17) is 16.3 Å². The Balaban J connectivity index is 2.22. The SMILES string of the molecule is COc1nn(C(CC(=O)O)c2ccc(F)cc2)c(=O)cc1-c1cc(Cl)ccc1C(C)=O. The van der Waals surface area contributed by atoms with Gasteiger partial charge in [-0.3, -0.25) is 14.4 Å². The van der Waals surface area contributed by atoms with Gasteiger partial charge in [0.05, 0.1) is 25.1 Å². The van der Waals surface area contributed by atoms with Crippen molar-refractivity contribution in [2.24, 2.45) is 0 Å². The number of ketones is 1. The van der Waals surface area contributed by atoms with Crippen LogP contribution in [0, 0.1) is 5.82 Å². The number of aliphatic carboxylic acids is 1. The summed E-state index contributed by atoms with van der Waals surface area (Å²) in [6, 6.07) is 9.96. The van der Waals surface area contributed by atoms with Crippen LogP contribution in [0.1, 0.15) is 35.3 Å². The van der Waals surface area contributed by atoms with Crippen molar-refractivity contribution in [2.45, 2.75) is 19.4 Å². The Kier molecular flexibility index (Phi) is 6.50. The number of rotatable bonds is 7. The quantitative estimate of drug-likeness (QED) is 0.553. The number of carbonyl (C=O) groups is 2. The fourth-order valence-electron chi connectivity index (χ4n) is 3.26. The number of carboxylic acids is 1. The first kappa shape index (κ1) is 22.2. The Morgan fingerprint density at radius 3 is 2.42 bits per heavy atom. The number of carboxylic acid groups (broad SMARTS) is 1. The van der Waals surface area contributed by atoms with E-state index in [0.717, 1.165) is 4.68 Å². The molecule has 0 saturated carbocycles. The van der Waals surface area contributed by atoms with Gasteiger partial charge in [-0.25, -0.2) is 9.07 Å². The Bertz CT molecular complexity index is 1210. The number of Topliss-reactive ketones (excluding diaryl/α,β-unsaturated/α-hetero) is 1. The molecule has 1 aromatic heterocycles. The van der Waals surface area contributed by atoms with E-state index in [2.05, 4.69) is 5.10 Å². The topological polar surface area (TPSA) is 98.5 Å². The van der Waals surface area contributed by atoms with Crippen molar-refractivity contribution in [1.82, 2.24) is 9.78 Å². The molecule has 3 aromatic rings. The fourth-order valence-corrected chi connectivity index (χ4v) is 3.43. The van der Waals surface area contributed by atoms with Crippen molar-refractivity contribution in [3.8, 4) is 17.0 Å². The Hall–Kier alpha value is -3.52. The Morgan fingerprint density at radius 1 is 1.16 bits per heavy atom. The molecule has 1 heterocycles.